The molecule has 0 spiro atoms. The molecule has 0 bridgehead atoms. The van der Waals surface area contributed by atoms with Gasteiger partial charge in [0.15, 0.2) is 0 Å². The van der Waals surface area contributed by atoms with Gasteiger partial charge in [-0.15, -0.1) is 0 Å². The molecule has 3 nitrogen and oxygen atoms in total. The van der Waals surface area contributed by atoms with Crippen LogP contribution in [0.3, 0.4) is 0 Å². The maximum absolute atomic E-state index is 11.5. The molecule has 0 amide bonds. The van der Waals surface area contributed by atoms with Crippen LogP contribution in [0.5, 0.6) is 5.75 Å². The minimum Gasteiger partial charge on any atom is -0.507 e. The fraction of sp³-hybridized carbons (Fsp3) is 0.235. The second-order valence-corrected chi connectivity index (χ2v) is 7.38. The number of aromatic carboxylic acids is 1. The fourth-order valence-electron chi connectivity index (χ4n) is 2.25. The van der Waals surface area contributed by atoms with Crippen molar-refractivity contribution in [3.63, 3.8) is 0 Å². The second kappa shape index (κ2) is 7.04. The van der Waals surface area contributed by atoms with Gasteiger partial charge in [0, 0.05) is 14.8 Å². The Morgan fingerprint density at radius 3 is 2.35 bits per heavy atom. The minimum absolute atomic E-state index is 0.00580. The Morgan fingerprint density at radius 2 is 1.83 bits per heavy atom. The predicted octanol–water partition coefficient (Wildman–Crippen LogP) is 5.98. The Morgan fingerprint density at radius 1 is 1.17 bits per heavy atom. The van der Waals surface area contributed by atoms with E-state index in [2.05, 4.69) is 0 Å². The van der Waals surface area contributed by atoms with Gasteiger partial charge < -0.3 is 10.2 Å². The average molecular weight is 371 g/mol. The smallest absolute Gasteiger partial charge is 0.339 e. The molecule has 0 aliphatic rings. The van der Waals surface area contributed by atoms with Gasteiger partial charge in [0.1, 0.15) is 11.3 Å². The first kappa shape index (κ1) is 18.0. The van der Waals surface area contributed by atoms with Crippen LogP contribution in [0.15, 0.2) is 34.1 Å². The van der Waals surface area contributed by atoms with Crippen molar-refractivity contribution < 1.29 is 15.0 Å². The van der Waals surface area contributed by atoms with Gasteiger partial charge in [-0.1, -0.05) is 48.8 Å². The van der Waals surface area contributed by atoms with E-state index in [0.29, 0.717) is 21.2 Å². The van der Waals surface area contributed by atoms with Crippen molar-refractivity contribution >= 4 is 40.9 Å². The summed E-state index contributed by atoms with van der Waals surface area (Å²) in [4.78, 5) is 13.0. The number of hydrogen-bond donors (Lipinski definition) is 2. The largest absolute Gasteiger partial charge is 0.507 e. The Hall–Kier alpha value is -1.36. The third-order valence-corrected chi connectivity index (χ3v) is 5.37. The highest BCUT2D eigenvalue weighted by Crippen LogP contribution is 2.42. The standard InChI is InChI=1S/C17H16Cl2O3S/c1-8(2)11-7-14(9(3)15(16(11)20)17(21)22)23-13-5-4-10(18)6-12(13)19/h4-8,20H,1-3H3,(H,21,22). The summed E-state index contributed by atoms with van der Waals surface area (Å²) < 4.78 is 0. The first-order chi connectivity index (χ1) is 10.7. The second-order valence-electron chi connectivity index (χ2n) is 5.45. The molecule has 2 N–H and O–H groups in total. The molecule has 2 rings (SSSR count). The number of carboxylic acid groups (broad SMARTS) is 1. The van der Waals surface area contributed by atoms with Gasteiger partial charge in [-0.2, -0.15) is 0 Å². The van der Waals surface area contributed by atoms with E-state index in [1.54, 1.807) is 25.1 Å². The topological polar surface area (TPSA) is 57.5 Å². The van der Waals surface area contributed by atoms with Crippen LogP contribution in [-0.4, -0.2) is 16.2 Å². The summed E-state index contributed by atoms with van der Waals surface area (Å²) in [6, 6.07) is 6.98. The molecule has 0 saturated heterocycles. The molecular formula is C17H16Cl2O3S. The van der Waals surface area contributed by atoms with Gasteiger partial charge in [0.05, 0.1) is 5.02 Å². The van der Waals surface area contributed by atoms with E-state index in [0.717, 1.165) is 9.79 Å². The molecule has 0 aliphatic heterocycles. The van der Waals surface area contributed by atoms with E-state index < -0.39 is 5.97 Å². The van der Waals surface area contributed by atoms with Crippen molar-refractivity contribution in [2.75, 3.05) is 0 Å². The van der Waals surface area contributed by atoms with E-state index in [1.807, 2.05) is 19.9 Å². The summed E-state index contributed by atoms with van der Waals surface area (Å²) in [7, 11) is 0. The van der Waals surface area contributed by atoms with Crippen molar-refractivity contribution in [2.45, 2.75) is 36.5 Å². The lowest BCUT2D eigenvalue weighted by Crippen LogP contribution is -2.05. The number of carbonyl (C=O) groups is 1. The Bertz CT molecular complexity index is 773. The summed E-state index contributed by atoms with van der Waals surface area (Å²) in [5, 5.41) is 20.7. The van der Waals surface area contributed by atoms with Gasteiger partial charge >= 0.3 is 5.97 Å². The molecule has 0 aliphatic carbocycles. The van der Waals surface area contributed by atoms with Gasteiger partial charge in [0.25, 0.3) is 0 Å². The average Bonchev–Trinajstić information content (AvgIpc) is 2.43. The van der Waals surface area contributed by atoms with Crippen molar-refractivity contribution in [3.8, 4) is 5.75 Å². The number of halogens is 2. The highest BCUT2D eigenvalue weighted by atomic mass is 35.5. The predicted molar refractivity (Wildman–Crippen MR) is 94.5 cm³/mol. The SMILES string of the molecule is Cc1c(Sc2ccc(Cl)cc2Cl)cc(C(C)C)c(O)c1C(=O)O. The highest BCUT2D eigenvalue weighted by Gasteiger charge is 2.22. The Labute approximate surface area is 149 Å². The van der Waals surface area contributed by atoms with Gasteiger partial charge in [-0.05, 0) is 48.2 Å². The van der Waals surface area contributed by atoms with Crippen LogP contribution in [0, 0.1) is 6.92 Å². The van der Waals surface area contributed by atoms with E-state index >= 15 is 0 Å². The number of benzene rings is 2. The van der Waals surface area contributed by atoms with Gasteiger partial charge in [-0.3, -0.25) is 0 Å². The summed E-state index contributed by atoms with van der Waals surface area (Å²) in [5.74, 6) is -1.32. The monoisotopic (exact) mass is 370 g/mol. The molecule has 122 valence electrons. The minimum atomic E-state index is -1.15. The first-order valence-corrected chi connectivity index (χ1v) is 8.52. The van der Waals surface area contributed by atoms with Crippen LogP contribution in [0.2, 0.25) is 10.0 Å². The first-order valence-electron chi connectivity index (χ1n) is 6.95. The van der Waals surface area contributed by atoms with Crippen LogP contribution in [-0.2, 0) is 0 Å². The maximum Gasteiger partial charge on any atom is 0.339 e. The molecule has 2 aromatic rings. The third kappa shape index (κ3) is 3.77. The highest BCUT2D eigenvalue weighted by molar-refractivity contribution is 7.99. The maximum atomic E-state index is 11.5. The third-order valence-electron chi connectivity index (χ3n) is 3.49. The van der Waals surface area contributed by atoms with Crippen molar-refractivity contribution in [3.05, 3.63) is 51.0 Å². The quantitative estimate of drug-likeness (QED) is 0.694. The molecule has 0 unspecified atom stereocenters. The molecule has 23 heavy (non-hydrogen) atoms. The summed E-state index contributed by atoms with van der Waals surface area (Å²) in [6.45, 7) is 5.49. The number of phenols is 1. The zero-order chi connectivity index (χ0) is 17.3. The lowest BCUT2D eigenvalue weighted by Gasteiger charge is -2.17. The molecular weight excluding hydrogens is 355 g/mol. The zero-order valence-corrected chi connectivity index (χ0v) is 15.2. The Balaban J connectivity index is 2.60. The Kier molecular flexibility index (Phi) is 5.50. The van der Waals surface area contributed by atoms with Crippen molar-refractivity contribution in [1.29, 1.82) is 0 Å². The number of rotatable bonds is 4. The number of carboxylic acids is 1. The van der Waals surface area contributed by atoms with Crippen LogP contribution in [0.4, 0.5) is 0 Å². The van der Waals surface area contributed by atoms with Crippen LogP contribution < -0.4 is 0 Å². The van der Waals surface area contributed by atoms with Crippen LogP contribution in [0.25, 0.3) is 0 Å². The van der Waals surface area contributed by atoms with E-state index in [4.69, 9.17) is 23.2 Å². The summed E-state index contributed by atoms with van der Waals surface area (Å²) in [6.07, 6.45) is 0. The number of aromatic hydroxyl groups is 1. The van der Waals surface area contributed by atoms with Crippen molar-refractivity contribution in [2.24, 2.45) is 0 Å². The molecule has 0 saturated carbocycles. The summed E-state index contributed by atoms with van der Waals surface area (Å²) >= 11 is 13.5. The molecule has 2 aromatic carbocycles. The lowest BCUT2D eigenvalue weighted by atomic mass is 9.96. The lowest BCUT2D eigenvalue weighted by molar-refractivity contribution is 0.0692. The number of hydrogen-bond acceptors (Lipinski definition) is 3. The fourth-order valence-corrected chi connectivity index (χ4v) is 3.74. The van der Waals surface area contributed by atoms with E-state index in [-0.39, 0.29) is 17.2 Å². The molecule has 0 atom stereocenters. The molecule has 0 fully saturated rings. The van der Waals surface area contributed by atoms with Gasteiger partial charge in [0.2, 0.25) is 0 Å². The molecule has 0 radical (unpaired) electrons. The van der Waals surface area contributed by atoms with Crippen LogP contribution in [0.1, 0.15) is 41.3 Å². The molecule has 0 aromatic heterocycles. The van der Waals surface area contributed by atoms with E-state index in [9.17, 15) is 15.0 Å². The molecule has 0 heterocycles. The zero-order valence-electron chi connectivity index (χ0n) is 12.9. The van der Waals surface area contributed by atoms with Gasteiger partial charge in [-0.25, -0.2) is 4.79 Å². The van der Waals surface area contributed by atoms with E-state index in [1.165, 1.54) is 11.8 Å². The van der Waals surface area contributed by atoms with Crippen LogP contribution >= 0.6 is 35.0 Å². The molecule has 6 heteroatoms. The summed E-state index contributed by atoms with van der Waals surface area (Å²) in [5.41, 5.74) is 1.04. The normalized spacial score (nSPS) is 11.0. The van der Waals surface area contributed by atoms with Crippen molar-refractivity contribution in [1.82, 2.24) is 0 Å².